The van der Waals surface area contributed by atoms with Crippen molar-refractivity contribution in [1.82, 2.24) is 10.4 Å². The maximum atomic E-state index is 11.9. The Morgan fingerprint density at radius 3 is 2.25 bits per heavy atom. The van der Waals surface area contributed by atoms with Crippen molar-refractivity contribution in [2.75, 3.05) is 6.54 Å². The largest absolute Gasteiger partial charge is 0.443 e. The molecule has 5 heteroatoms. The molecule has 0 saturated carbocycles. The van der Waals surface area contributed by atoms with E-state index in [1.807, 2.05) is 52.0 Å². The number of hydrazine groups is 1. The summed E-state index contributed by atoms with van der Waals surface area (Å²) in [5, 5.41) is 10.4. The Morgan fingerprint density at radius 1 is 1.25 bits per heavy atom. The van der Waals surface area contributed by atoms with Crippen LogP contribution in [0.15, 0.2) is 24.3 Å². The quantitative estimate of drug-likeness (QED) is 0.813. The Hall–Kier alpha value is -1.59. The lowest BCUT2D eigenvalue weighted by Crippen LogP contribution is -2.45. The number of nitrogens with one attached hydrogen (secondary N) is 1. The monoisotopic (exact) mass is 280 g/mol. The summed E-state index contributed by atoms with van der Waals surface area (Å²) in [6, 6.07) is 7.56. The summed E-state index contributed by atoms with van der Waals surface area (Å²) in [4.78, 5) is 11.9. The Kier molecular flexibility index (Phi) is 5.98. The Balaban J connectivity index is 2.53. The normalized spacial score (nSPS) is 11.2. The topological polar surface area (TPSA) is 61.8 Å². The highest BCUT2D eigenvalue weighted by Crippen LogP contribution is 2.09. The third-order valence-corrected chi connectivity index (χ3v) is 2.61. The lowest BCUT2D eigenvalue weighted by atomic mass is 10.1. The third kappa shape index (κ3) is 5.59. The molecule has 0 aliphatic rings. The van der Waals surface area contributed by atoms with E-state index in [1.54, 1.807) is 0 Å². The van der Waals surface area contributed by atoms with Crippen LogP contribution in [0, 0.1) is 0 Å². The first kappa shape index (κ1) is 16.5. The van der Waals surface area contributed by atoms with E-state index in [0.717, 1.165) is 11.1 Å². The zero-order chi connectivity index (χ0) is 15.2. The molecular weight excluding hydrogens is 256 g/mol. The van der Waals surface area contributed by atoms with E-state index in [0.29, 0.717) is 13.1 Å². The van der Waals surface area contributed by atoms with Gasteiger partial charge in [0.1, 0.15) is 5.60 Å². The van der Waals surface area contributed by atoms with E-state index < -0.39 is 5.60 Å². The van der Waals surface area contributed by atoms with E-state index in [4.69, 9.17) is 9.84 Å². The lowest BCUT2D eigenvalue weighted by Gasteiger charge is -2.26. The first-order valence-electron chi connectivity index (χ1n) is 6.78. The van der Waals surface area contributed by atoms with Crippen molar-refractivity contribution >= 4 is 6.09 Å². The fraction of sp³-hybridized carbons (Fsp3) is 0.533. The molecule has 0 aliphatic heterocycles. The maximum Gasteiger partial charge on any atom is 0.424 e. The van der Waals surface area contributed by atoms with Gasteiger partial charge in [-0.3, -0.25) is 0 Å². The molecule has 1 amide bonds. The Labute approximate surface area is 120 Å². The van der Waals surface area contributed by atoms with Crippen LogP contribution in [-0.2, 0) is 17.9 Å². The smallest absolute Gasteiger partial charge is 0.424 e. The fourth-order valence-electron chi connectivity index (χ4n) is 1.57. The van der Waals surface area contributed by atoms with Crippen LogP contribution in [0.4, 0.5) is 4.79 Å². The number of amides is 1. The van der Waals surface area contributed by atoms with E-state index >= 15 is 0 Å². The second kappa shape index (κ2) is 7.26. The number of hydrogen-bond donors (Lipinski definition) is 2. The summed E-state index contributed by atoms with van der Waals surface area (Å²) < 4.78 is 5.31. The molecule has 0 unspecified atom stereocenters. The molecule has 0 spiro atoms. The van der Waals surface area contributed by atoms with Gasteiger partial charge < -0.3 is 9.84 Å². The summed E-state index contributed by atoms with van der Waals surface area (Å²) in [5.74, 6) is 0. The highest BCUT2D eigenvalue weighted by molar-refractivity contribution is 5.67. The molecule has 112 valence electrons. The highest BCUT2D eigenvalue weighted by atomic mass is 16.6. The molecule has 20 heavy (non-hydrogen) atoms. The molecule has 0 aromatic heterocycles. The highest BCUT2D eigenvalue weighted by Gasteiger charge is 2.20. The van der Waals surface area contributed by atoms with Gasteiger partial charge in [0, 0.05) is 13.1 Å². The number of carbonyl (C=O) groups excluding carboxylic acids is 1. The van der Waals surface area contributed by atoms with E-state index in [9.17, 15) is 4.79 Å². The molecule has 0 fully saturated rings. The van der Waals surface area contributed by atoms with Gasteiger partial charge in [-0.1, -0.05) is 24.3 Å². The van der Waals surface area contributed by atoms with Gasteiger partial charge in [-0.25, -0.2) is 15.2 Å². The van der Waals surface area contributed by atoms with Crippen molar-refractivity contribution in [3.8, 4) is 0 Å². The van der Waals surface area contributed by atoms with Crippen LogP contribution >= 0.6 is 0 Å². The number of carbonyl (C=O) groups is 1. The van der Waals surface area contributed by atoms with E-state index in [-0.39, 0.29) is 12.7 Å². The van der Waals surface area contributed by atoms with E-state index in [2.05, 4.69) is 5.43 Å². The van der Waals surface area contributed by atoms with Gasteiger partial charge >= 0.3 is 6.09 Å². The van der Waals surface area contributed by atoms with Gasteiger partial charge in [0.05, 0.1) is 6.61 Å². The molecule has 1 aromatic carbocycles. The number of rotatable bonds is 5. The number of benzene rings is 1. The van der Waals surface area contributed by atoms with Crippen molar-refractivity contribution in [2.45, 2.75) is 46.4 Å². The Bertz CT molecular complexity index is 424. The van der Waals surface area contributed by atoms with Crippen LogP contribution in [0.5, 0.6) is 0 Å². The number of hydrogen-bond acceptors (Lipinski definition) is 4. The molecular formula is C15H24N2O3. The number of aliphatic hydroxyl groups excluding tert-OH is 1. The third-order valence-electron chi connectivity index (χ3n) is 2.61. The summed E-state index contributed by atoms with van der Waals surface area (Å²) >= 11 is 0. The predicted molar refractivity (Wildman–Crippen MR) is 77.8 cm³/mol. The molecule has 0 atom stereocenters. The second-order valence-electron chi connectivity index (χ2n) is 5.53. The fourth-order valence-corrected chi connectivity index (χ4v) is 1.57. The molecule has 0 heterocycles. The maximum absolute atomic E-state index is 11.9. The van der Waals surface area contributed by atoms with Crippen molar-refractivity contribution in [3.05, 3.63) is 35.4 Å². The van der Waals surface area contributed by atoms with E-state index in [1.165, 1.54) is 5.01 Å². The summed E-state index contributed by atoms with van der Waals surface area (Å²) in [7, 11) is 0. The predicted octanol–water partition coefficient (Wildman–Crippen LogP) is 2.44. The standard InChI is InChI=1S/C15H24N2O3/c1-5-17(14(19)20-15(2,3)4)16-10-12-6-8-13(11-18)9-7-12/h6-9,16,18H,5,10-11H2,1-4H3. The Morgan fingerprint density at radius 2 is 1.80 bits per heavy atom. The van der Waals surface area contributed by atoms with Crippen molar-refractivity contribution in [1.29, 1.82) is 0 Å². The number of aliphatic hydroxyl groups is 1. The molecule has 0 bridgehead atoms. The first-order chi connectivity index (χ1) is 9.35. The molecule has 1 rings (SSSR count). The second-order valence-corrected chi connectivity index (χ2v) is 5.53. The summed E-state index contributed by atoms with van der Waals surface area (Å²) in [6.45, 7) is 8.48. The zero-order valence-electron chi connectivity index (χ0n) is 12.6. The van der Waals surface area contributed by atoms with Crippen molar-refractivity contribution in [3.63, 3.8) is 0 Å². The zero-order valence-corrected chi connectivity index (χ0v) is 12.6. The lowest BCUT2D eigenvalue weighted by molar-refractivity contribution is 0.0144. The summed E-state index contributed by atoms with van der Waals surface area (Å²) in [5.41, 5.74) is 4.44. The minimum atomic E-state index is -0.505. The molecule has 0 saturated heterocycles. The SMILES string of the molecule is CCN(NCc1ccc(CO)cc1)C(=O)OC(C)(C)C. The van der Waals surface area contributed by atoms with Crippen LogP contribution < -0.4 is 5.43 Å². The average molecular weight is 280 g/mol. The molecule has 5 nitrogen and oxygen atoms in total. The first-order valence-corrected chi connectivity index (χ1v) is 6.78. The van der Waals surface area contributed by atoms with Crippen LogP contribution in [-0.4, -0.2) is 28.4 Å². The number of ether oxygens (including phenoxy) is 1. The molecule has 0 aliphatic carbocycles. The van der Waals surface area contributed by atoms with Gasteiger partial charge in [0.15, 0.2) is 0 Å². The number of nitrogens with zero attached hydrogens (tertiary/aromatic N) is 1. The van der Waals surface area contributed by atoms with Crippen molar-refractivity contribution < 1.29 is 14.6 Å². The van der Waals surface area contributed by atoms with Crippen molar-refractivity contribution in [2.24, 2.45) is 0 Å². The van der Waals surface area contributed by atoms with Gasteiger partial charge in [0.25, 0.3) is 0 Å². The van der Waals surface area contributed by atoms with Gasteiger partial charge in [0.2, 0.25) is 0 Å². The van der Waals surface area contributed by atoms with Gasteiger partial charge in [-0.15, -0.1) is 0 Å². The van der Waals surface area contributed by atoms with Crippen LogP contribution in [0.2, 0.25) is 0 Å². The van der Waals surface area contributed by atoms with Crippen LogP contribution in [0.1, 0.15) is 38.8 Å². The molecule has 2 N–H and O–H groups in total. The average Bonchev–Trinajstić information content (AvgIpc) is 2.38. The summed E-state index contributed by atoms with van der Waals surface area (Å²) in [6.07, 6.45) is -0.382. The minimum Gasteiger partial charge on any atom is -0.443 e. The van der Waals surface area contributed by atoms with Gasteiger partial charge in [-0.05, 0) is 38.8 Å². The van der Waals surface area contributed by atoms with Crippen LogP contribution in [0.25, 0.3) is 0 Å². The van der Waals surface area contributed by atoms with Crippen LogP contribution in [0.3, 0.4) is 0 Å². The minimum absolute atomic E-state index is 0.0344. The molecule has 0 radical (unpaired) electrons. The molecule has 1 aromatic rings. The van der Waals surface area contributed by atoms with Gasteiger partial charge in [-0.2, -0.15) is 0 Å².